The molecule has 1 aliphatic rings. The van der Waals surface area contributed by atoms with Crippen molar-refractivity contribution in [1.29, 1.82) is 0 Å². The fraction of sp³-hybridized carbons (Fsp3) is 0.227. The summed E-state index contributed by atoms with van der Waals surface area (Å²) < 4.78 is 9.35. The fourth-order valence-corrected chi connectivity index (χ4v) is 3.08. The van der Waals surface area contributed by atoms with E-state index in [1.165, 1.54) is 32.4 Å². The van der Waals surface area contributed by atoms with Crippen LogP contribution in [0.25, 0.3) is 0 Å². The van der Waals surface area contributed by atoms with Gasteiger partial charge in [-0.15, -0.1) is 0 Å². The van der Waals surface area contributed by atoms with E-state index >= 15 is 0 Å². The molecule has 3 rings (SSSR count). The number of amides is 2. The summed E-state index contributed by atoms with van der Waals surface area (Å²) in [5, 5.41) is 12.9. The number of benzene rings is 2. The number of methoxy groups -OCH3 is 2. The third kappa shape index (κ3) is 5.26. The predicted molar refractivity (Wildman–Crippen MR) is 116 cm³/mol. The molecule has 11 heteroatoms. The first-order valence-corrected chi connectivity index (χ1v) is 9.69. The number of hydrogen-bond acceptors (Lipinski definition) is 9. The number of carbonyl (C=O) groups is 5. The summed E-state index contributed by atoms with van der Waals surface area (Å²) >= 11 is 0. The van der Waals surface area contributed by atoms with E-state index in [9.17, 15) is 24.0 Å². The van der Waals surface area contributed by atoms with E-state index in [1.54, 1.807) is 18.2 Å². The molecule has 0 radical (unpaired) electrons. The van der Waals surface area contributed by atoms with Crippen LogP contribution in [0.3, 0.4) is 0 Å². The maximum Gasteiger partial charge on any atom is 0.340 e. The Labute approximate surface area is 188 Å². The summed E-state index contributed by atoms with van der Waals surface area (Å²) in [7, 11) is 2.36. The highest BCUT2D eigenvalue weighted by molar-refractivity contribution is 6.10. The number of nitrogens with zero attached hydrogens (tertiary/aromatic N) is 2. The van der Waals surface area contributed by atoms with Gasteiger partial charge in [-0.05, 0) is 42.8 Å². The molecule has 33 heavy (non-hydrogen) atoms. The first-order chi connectivity index (χ1) is 15.7. The van der Waals surface area contributed by atoms with Crippen LogP contribution in [0.1, 0.15) is 33.2 Å². The number of esters is 2. The minimum absolute atomic E-state index is 0.0222. The lowest BCUT2D eigenvalue weighted by Gasteiger charge is -2.11. The largest absolute Gasteiger partial charge is 0.465 e. The van der Waals surface area contributed by atoms with Crippen molar-refractivity contribution in [2.75, 3.05) is 24.9 Å². The summed E-state index contributed by atoms with van der Waals surface area (Å²) in [6, 6.07) is 7.21. The van der Waals surface area contributed by atoms with Crippen LogP contribution in [0.4, 0.5) is 17.1 Å². The van der Waals surface area contributed by atoms with Gasteiger partial charge >= 0.3 is 11.9 Å². The highest BCUT2D eigenvalue weighted by Crippen LogP contribution is 2.27. The monoisotopic (exact) mass is 452 g/mol. The van der Waals surface area contributed by atoms with Crippen LogP contribution < -0.4 is 10.6 Å². The summed E-state index contributed by atoms with van der Waals surface area (Å²) in [5.74, 6) is -2.94. The second-order valence-corrected chi connectivity index (χ2v) is 7.03. The first kappa shape index (κ1) is 23.3. The molecule has 0 aromatic heterocycles. The zero-order valence-electron chi connectivity index (χ0n) is 18.0. The smallest absolute Gasteiger partial charge is 0.340 e. The molecule has 2 N–H and O–H groups in total. The summed E-state index contributed by atoms with van der Waals surface area (Å²) in [6.07, 6.45) is 0.251. The topological polar surface area (TPSA) is 153 Å². The molecule has 1 atom stereocenters. The molecule has 11 nitrogen and oxygen atoms in total. The highest BCUT2D eigenvalue weighted by Gasteiger charge is 2.25. The normalized spacial score (nSPS) is 13.1. The van der Waals surface area contributed by atoms with Crippen LogP contribution in [0.15, 0.2) is 46.6 Å². The van der Waals surface area contributed by atoms with Crippen LogP contribution in [0.5, 0.6) is 0 Å². The molecule has 170 valence electrons. The highest BCUT2D eigenvalue weighted by atomic mass is 16.5. The Bertz CT molecular complexity index is 1190. The van der Waals surface area contributed by atoms with Crippen molar-refractivity contribution in [3.8, 4) is 0 Å². The van der Waals surface area contributed by atoms with Crippen LogP contribution >= 0.6 is 0 Å². The number of fused-ring (bicyclic) bond motifs is 1. The Morgan fingerprint density at radius 1 is 1.03 bits per heavy atom. The maximum atomic E-state index is 12.7. The Morgan fingerprint density at radius 2 is 1.76 bits per heavy atom. The van der Waals surface area contributed by atoms with Crippen molar-refractivity contribution < 1.29 is 33.4 Å². The SMILES string of the molecule is COC(=O)c1ccc(C(=O)OC)c(N=NC(C(C)=O)C(=O)Nc2ccc3c(c2)NC(=O)C3)c1. The Kier molecular flexibility index (Phi) is 6.91. The summed E-state index contributed by atoms with van der Waals surface area (Å²) in [6.45, 7) is 1.16. The molecule has 1 aliphatic heterocycles. The van der Waals surface area contributed by atoms with Gasteiger partial charge in [-0.2, -0.15) is 10.2 Å². The quantitative estimate of drug-likeness (QED) is 0.372. The number of anilines is 2. The molecule has 2 aromatic carbocycles. The predicted octanol–water partition coefficient (Wildman–Crippen LogP) is 2.43. The van der Waals surface area contributed by atoms with Gasteiger partial charge in [-0.1, -0.05) is 6.07 Å². The molecule has 1 heterocycles. The van der Waals surface area contributed by atoms with E-state index in [0.717, 1.165) is 12.5 Å². The summed E-state index contributed by atoms with van der Waals surface area (Å²) in [4.78, 5) is 60.1. The van der Waals surface area contributed by atoms with Crippen molar-refractivity contribution in [3.05, 3.63) is 53.1 Å². The molecule has 2 amide bonds. The minimum Gasteiger partial charge on any atom is -0.465 e. The van der Waals surface area contributed by atoms with Gasteiger partial charge in [0.15, 0.2) is 5.78 Å². The molecule has 0 aliphatic carbocycles. The second-order valence-electron chi connectivity index (χ2n) is 7.03. The van der Waals surface area contributed by atoms with Crippen molar-refractivity contribution in [1.82, 2.24) is 0 Å². The molecule has 0 spiro atoms. The van der Waals surface area contributed by atoms with Crippen LogP contribution in [0, 0.1) is 0 Å². The zero-order valence-corrected chi connectivity index (χ0v) is 18.0. The number of azo groups is 1. The Morgan fingerprint density at radius 3 is 2.42 bits per heavy atom. The third-order valence-corrected chi connectivity index (χ3v) is 4.74. The molecule has 2 aromatic rings. The van der Waals surface area contributed by atoms with Gasteiger partial charge in [0.25, 0.3) is 5.91 Å². The number of ketones is 1. The lowest BCUT2D eigenvalue weighted by Crippen LogP contribution is -2.31. The van der Waals surface area contributed by atoms with Gasteiger partial charge in [0, 0.05) is 11.4 Å². The Hall–Kier alpha value is -4.41. The first-order valence-electron chi connectivity index (χ1n) is 9.69. The average molecular weight is 452 g/mol. The molecule has 0 fully saturated rings. The Balaban J connectivity index is 1.86. The van der Waals surface area contributed by atoms with E-state index in [0.29, 0.717) is 11.4 Å². The number of rotatable bonds is 7. The van der Waals surface area contributed by atoms with Crippen molar-refractivity contribution >= 4 is 46.6 Å². The number of Topliss-reactive ketones (excluding diaryl/α,β-unsaturated/α-hetero) is 1. The van der Waals surface area contributed by atoms with Crippen LogP contribution in [-0.4, -0.2) is 49.8 Å². The molecule has 0 saturated carbocycles. The lowest BCUT2D eigenvalue weighted by atomic mass is 10.1. The molecule has 0 saturated heterocycles. The van der Waals surface area contributed by atoms with E-state index in [1.807, 2.05) is 0 Å². The molecule has 0 bridgehead atoms. The van der Waals surface area contributed by atoms with Crippen molar-refractivity contribution in [2.24, 2.45) is 10.2 Å². The molecule has 1 unspecified atom stereocenters. The zero-order chi connectivity index (χ0) is 24.1. The van der Waals surface area contributed by atoms with Crippen LogP contribution in [0.2, 0.25) is 0 Å². The second kappa shape index (κ2) is 9.81. The van der Waals surface area contributed by atoms with E-state index in [-0.39, 0.29) is 29.1 Å². The lowest BCUT2D eigenvalue weighted by molar-refractivity contribution is -0.126. The molecular weight excluding hydrogens is 432 g/mol. The van der Waals surface area contributed by atoms with Gasteiger partial charge in [0.2, 0.25) is 11.9 Å². The minimum atomic E-state index is -1.53. The average Bonchev–Trinajstić information content (AvgIpc) is 3.17. The standard InChI is InChI=1S/C22H20N4O7/c1-11(27)19(20(29)23-14-6-4-12-9-18(28)24-16(12)10-14)26-25-17-8-13(21(30)32-2)5-7-15(17)22(31)33-3/h4-8,10,19H,9H2,1-3H3,(H,23,29)(H,24,28). The van der Waals surface area contributed by atoms with Crippen molar-refractivity contribution in [2.45, 2.75) is 19.4 Å². The molecular formula is C22H20N4O7. The summed E-state index contributed by atoms with van der Waals surface area (Å²) in [5.41, 5.74) is 1.70. The van der Waals surface area contributed by atoms with Gasteiger partial charge in [-0.3, -0.25) is 14.4 Å². The number of hydrogen-bond donors (Lipinski definition) is 2. The van der Waals surface area contributed by atoms with Gasteiger partial charge in [0.05, 0.1) is 31.8 Å². The van der Waals surface area contributed by atoms with Gasteiger partial charge < -0.3 is 20.1 Å². The van der Waals surface area contributed by atoms with Crippen LogP contribution in [-0.2, 0) is 30.3 Å². The number of ether oxygens (including phenoxy) is 2. The van der Waals surface area contributed by atoms with Gasteiger partial charge in [-0.25, -0.2) is 9.59 Å². The third-order valence-electron chi connectivity index (χ3n) is 4.74. The fourth-order valence-electron chi connectivity index (χ4n) is 3.08. The van der Waals surface area contributed by atoms with E-state index in [4.69, 9.17) is 4.74 Å². The number of nitrogens with one attached hydrogen (secondary N) is 2. The van der Waals surface area contributed by atoms with Crippen molar-refractivity contribution in [3.63, 3.8) is 0 Å². The van der Waals surface area contributed by atoms with E-state index < -0.39 is 29.7 Å². The number of carbonyl (C=O) groups excluding carboxylic acids is 5. The van der Waals surface area contributed by atoms with Gasteiger partial charge in [0.1, 0.15) is 5.69 Å². The van der Waals surface area contributed by atoms with E-state index in [2.05, 4.69) is 25.6 Å². The maximum absolute atomic E-state index is 12.7.